The first-order chi connectivity index (χ1) is 5.24. The third kappa shape index (κ3) is 5.48. The zero-order valence-electron chi connectivity index (χ0n) is 6.80. The summed E-state index contributed by atoms with van der Waals surface area (Å²) in [5, 5.41) is 0. The van der Waals surface area contributed by atoms with Gasteiger partial charge in [-0.15, -0.1) is 0 Å². The van der Waals surface area contributed by atoms with Gasteiger partial charge in [-0.25, -0.2) is 4.39 Å². The summed E-state index contributed by atoms with van der Waals surface area (Å²) in [6, 6.07) is 0. The smallest absolute Gasteiger partial charge is 0.266 e. The number of ether oxygens (including phenoxy) is 1. The fourth-order valence-electron chi connectivity index (χ4n) is 0.516. The molecule has 0 amide bonds. The van der Waals surface area contributed by atoms with Gasteiger partial charge in [0.05, 0.1) is 6.10 Å². The van der Waals surface area contributed by atoms with Gasteiger partial charge in [0.2, 0.25) is 8.03 Å². The molecule has 0 rings (SSSR count). The van der Waals surface area contributed by atoms with Gasteiger partial charge in [-0.3, -0.25) is 4.57 Å². The van der Waals surface area contributed by atoms with Gasteiger partial charge in [-0.1, -0.05) is 6.32 Å². The second kappa shape index (κ2) is 6.89. The fraction of sp³-hybridized carbons (Fsp3) is 1.00. The van der Waals surface area contributed by atoms with E-state index in [4.69, 9.17) is 4.74 Å². The highest BCUT2D eigenvalue weighted by Crippen LogP contribution is 2.20. The average Bonchev–Trinajstić information content (AvgIpc) is 2.06. The molecule has 0 N–H and O–H groups in total. The van der Waals surface area contributed by atoms with Crippen LogP contribution in [-0.2, 0) is 13.7 Å². The lowest BCUT2D eigenvalue weighted by molar-refractivity contribution is 0.0776. The second-order valence-electron chi connectivity index (χ2n) is 2.07. The molecule has 0 aromatic carbocycles. The van der Waals surface area contributed by atoms with Crippen molar-refractivity contribution < 1.29 is 18.1 Å². The van der Waals surface area contributed by atoms with Crippen LogP contribution in [0.15, 0.2) is 0 Å². The van der Waals surface area contributed by atoms with Crippen LogP contribution in [0.1, 0.15) is 0 Å². The summed E-state index contributed by atoms with van der Waals surface area (Å²) < 4.78 is 32.0. The quantitative estimate of drug-likeness (QED) is 0.403. The summed E-state index contributed by atoms with van der Waals surface area (Å²) in [5.41, 5.74) is 0. The molecule has 7 heteroatoms. The highest BCUT2D eigenvalue weighted by Gasteiger charge is 2.06. The summed E-state index contributed by atoms with van der Waals surface area (Å²) in [4.78, 5) is 0. The van der Waals surface area contributed by atoms with Crippen molar-refractivity contribution in [2.24, 2.45) is 0 Å². The largest absolute Gasteiger partial charge is 0.399 e. The summed E-state index contributed by atoms with van der Waals surface area (Å²) in [7, 11) is 1.08. The van der Waals surface area contributed by atoms with Crippen molar-refractivity contribution in [3.63, 3.8) is 0 Å². The van der Waals surface area contributed by atoms with Gasteiger partial charge in [0.15, 0.2) is 0 Å². The van der Waals surface area contributed by atoms with E-state index in [0.717, 1.165) is 0 Å². The molecule has 0 aliphatic heterocycles. The molecule has 1 unspecified atom stereocenters. The molecule has 0 bridgehead atoms. The van der Waals surface area contributed by atoms with Crippen LogP contribution in [0.2, 0.25) is 6.32 Å². The minimum Gasteiger partial charge on any atom is -0.399 e. The molecule has 0 spiro atoms. The Morgan fingerprint density at radius 2 is 2.27 bits per heavy atom. The third-order valence-corrected chi connectivity index (χ3v) is 2.15. The van der Waals surface area contributed by atoms with Gasteiger partial charge in [-0.05, 0) is 0 Å². The minimum atomic E-state index is -2.08. The summed E-state index contributed by atoms with van der Waals surface area (Å²) in [6.07, 6.45) is 0.179. The Labute approximate surface area is 68.4 Å². The van der Waals surface area contributed by atoms with Crippen LogP contribution < -0.4 is 0 Å². The zero-order valence-corrected chi connectivity index (χ0v) is 7.80. The zero-order chi connectivity index (χ0) is 8.69. The standard InChI is InChI=1S/C4H12B2FO3P/c5-1-4(2-7)9-3-11(8)10-6/h4,11H,1-3,5-6H2/t4-/m0/s1. The maximum absolute atomic E-state index is 12.0. The van der Waals surface area contributed by atoms with Gasteiger partial charge >= 0.3 is 0 Å². The van der Waals surface area contributed by atoms with Crippen LogP contribution in [0.5, 0.6) is 0 Å². The van der Waals surface area contributed by atoms with E-state index in [-0.39, 0.29) is 6.35 Å². The molecule has 11 heavy (non-hydrogen) atoms. The molecule has 0 aromatic heterocycles. The van der Waals surface area contributed by atoms with E-state index >= 15 is 0 Å². The molecule has 0 saturated carbocycles. The predicted molar refractivity (Wildman–Crippen MR) is 47.7 cm³/mol. The Hall–Kier alpha value is 0.210. The van der Waals surface area contributed by atoms with E-state index in [0.29, 0.717) is 6.32 Å². The van der Waals surface area contributed by atoms with Gasteiger partial charge in [0.1, 0.15) is 20.9 Å². The molecular formula is C4H12B2FO3P. The predicted octanol–water partition coefficient (Wildman–Crippen LogP) is -0.611. The van der Waals surface area contributed by atoms with E-state index in [2.05, 4.69) is 4.44 Å². The van der Waals surface area contributed by atoms with Crippen LogP contribution in [0, 0.1) is 0 Å². The number of hydrogen-bond acceptors (Lipinski definition) is 3. The molecular weight excluding hydrogens is 168 g/mol. The van der Waals surface area contributed by atoms with Crippen LogP contribution in [0.3, 0.4) is 0 Å². The second-order valence-corrected chi connectivity index (χ2v) is 3.51. The molecule has 0 fully saturated rings. The summed E-state index contributed by atoms with van der Waals surface area (Å²) >= 11 is 0. The molecule has 0 aromatic rings. The Morgan fingerprint density at radius 1 is 1.64 bits per heavy atom. The average molecular weight is 180 g/mol. The van der Waals surface area contributed by atoms with E-state index in [1.165, 1.54) is 8.05 Å². The Kier molecular flexibility index (Phi) is 7.02. The molecule has 0 radical (unpaired) electrons. The minimum absolute atomic E-state index is 0.0175. The van der Waals surface area contributed by atoms with Crippen molar-refractivity contribution in [3.05, 3.63) is 0 Å². The van der Waals surface area contributed by atoms with Crippen LogP contribution in [0.25, 0.3) is 0 Å². The van der Waals surface area contributed by atoms with E-state index in [1.54, 1.807) is 0 Å². The monoisotopic (exact) mass is 180 g/mol. The normalized spacial score (nSPS) is 16.1. The Bertz CT molecular complexity index is 122. The third-order valence-electron chi connectivity index (χ3n) is 1.29. The van der Waals surface area contributed by atoms with Crippen molar-refractivity contribution >= 4 is 23.9 Å². The van der Waals surface area contributed by atoms with Crippen molar-refractivity contribution in [3.8, 4) is 0 Å². The van der Waals surface area contributed by atoms with Crippen LogP contribution in [0.4, 0.5) is 4.39 Å². The Balaban J connectivity index is 3.42. The van der Waals surface area contributed by atoms with Crippen molar-refractivity contribution in [1.29, 1.82) is 0 Å². The fourth-order valence-corrected chi connectivity index (χ4v) is 1.01. The van der Waals surface area contributed by atoms with Crippen molar-refractivity contribution in [1.82, 2.24) is 0 Å². The first kappa shape index (κ1) is 11.2. The van der Waals surface area contributed by atoms with E-state index < -0.39 is 20.8 Å². The van der Waals surface area contributed by atoms with Gasteiger partial charge < -0.3 is 9.18 Å². The highest BCUT2D eigenvalue weighted by atomic mass is 31.1. The number of hydrogen-bond donors (Lipinski definition) is 0. The molecule has 0 saturated heterocycles. The van der Waals surface area contributed by atoms with E-state index in [1.807, 2.05) is 7.85 Å². The Morgan fingerprint density at radius 3 is 2.64 bits per heavy atom. The van der Waals surface area contributed by atoms with E-state index in [9.17, 15) is 8.96 Å². The molecule has 64 valence electrons. The molecule has 0 heterocycles. The van der Waals surface area contributed by atoms with Crippen LogP contribution in [-0.4, -0.2) is 35.0 Å². The van der Waals surface area contributed by atoms with Gasteiger partial charge in [0.25, 0.3) is 8.05 Å². The van der Waals surface area contributed by atoms with Gasteiger partial charge in [-0.2, -0.15) is 0 Å². The number of rotatable bonds is 6. The van der Waals surface area contributed by atoms with Gasteiger partial charge in [0, 0.05) is 0 Å². The maximum Gasteiger partial charge on any atom is 0.266 e. The van der Waals surface area contributed by atoms with Crippen molar-refractivity contribution in [2.75, 3.05) is 13.0 Å². The molecule has 0 aliphatic carbocycles. The summed E-state index contributed by atoms with van der Waals surface area (Å²) in [6.45, 7) is -0.532. The highest BCUT2D eigenvalue weighted by molar-refractivity contribution is 7.39. The lowest BCUT2D eigenvalue weighted by atomic mass is 10.0. The first-order valence-electron chi connectivity index (χ1n) is 3.49. The molecule has 0 aliphatic rings. The molecule has 2 atom stereocenters. The number of halogens is 1. The lowest BCUT2D eigenvalue weighted by Gasteiger charge is -2.10. The molecule has 3 nitrogen and oxygen atoms in total. The van der Waals surface area contributed by atoms with Crippen molar-refractivity contribution in [2.45, 2.75) is 12.4 Å². The maximum atomic E-state index is 12.0. The van der Waals surface area contributed by atoms with Crippen LogP contribution >= 0.6 is 8.03 Å². The topological polar surface area (TPSA) is 35.5 Å². The SMILES string of the molecule is BC[C@@H](CF)OC[PH](=O)OB. The first-order valence-corrected chi connectivity index (χ1v) is 5.01. The number of alkyl halides is 1. The lowest BCUT2D eigenvalue weighted by Crippen LogP contribution is -2.14. The summed E-state index contributed by atoms with van der Waals surface area (Å²) in [5.74, 6) is 0.